The van der Waals surface area contributed by atoms with Crippen LogP contribution in [0.15, 0.2) is 194 Å². The van der Waals surface area contributed by atoms with E-state index in [9.17, 15) is 0 Å². The maximum atomic E-state index is 5.41. The highest BCUT2D eigenvalue weighted by atomic mass is 15.1. The molecule has 3 aromatic heterocycles. The van der Waals surface area contributed by atoms with E-state index in [1.54, 1.807) is 0 Å². The summed E-state index contributed by atoms with van der Waals surface area (Å²) in [6.07, 6.45) is 0. The molecule has 3 heterocycles. The van der Waals surface area contributed by atoms with Gasteiger partial charge < -0.3 is 4.57 Å². The lowest BCUT2D eigenvalue weighted by Gasteiger charge is -2.15. The van der Waals surface area contributed by atoms with Crippen molar-refractivity contribution < 1.29 is 0 Å². The maximum Gasteiger partial charge on any atom is 0.162 e. The van der Waals surface area contributed by atoms with E-state index in [2.05, 4.69) is 185 Å². The zero-order valence-electron chi connectivity index (χ0n) is 29.3. The molecule has 0 aliphatic rings. The third-order valence-electron chi connectivity index (χ3n) is 10.7. The molecule has 11 aromatic rings. The third kappa shape index (κ3) is 4.70. The van der Waals surface area contributed by atoms with Crippen LogP contribution in [0.1, 0.15) is 0 Å². The molecule has 11 rings (SSSR count). The number of hydrogen-bond donors (Lipinski definition) is 0. The lowest BCUT2D eigenvalue weighted by molar-refractivity contribution is 1.07. The Bertz CT molecular complexity index is 3210. The molecule has 252 valence electrons. The van der Waals surface area contributed by atoms with E-state index in [-0.39, 0.29) is 0 Å². The predicted octanol–water partition coefficient (Wildman–Crippen LogP) is 12.8. The minimum atomic E-state index is 0.702. The van der Waals surface area contributed by atoms with Crippen LogP contribution in [0.2, 0.25) is 0 Å². The van der Waals surface area contributed by atoms with Crippen molar-refractivity contribution in [3.05, 3.63) is 194 Å². The lowest BCUT2D eigenvalue weighted by atomic mass is 9.99. The van der Waals surface area contributed by atoms with Crippen LogP contribution in [0.4, 0.5) is 0 Å². The van der Waals surface area contributed by atoms with Crippen LogP contribution < -0.4 is 0 Å². The maximum absolute atomic E-state index is 5.41. The zero-order valence-corrected chi connectivity index (χ0v) is 29.3. The van der Waals surface area contributed by atoms with Crippen LogP contribution in [-0.4, -0.2) is 19.1 Å². The molecular weight excluding hydrogens is 657 g/mol. The summed E-state index contributed by atoms with van der Waals surface area (Å²) in [6, 6.07) is 69.1. The van der Waals surface area contributed by atoms with Gasteiger partial charge in [0.1, 0.15) is 5.82 Å². The van der Waals surface area contributed by atoms with Crippen molar-refractivity contribution in [2.45, 2.75) is 0 Å². The van der Waals surface area contributed by atoms with Gasteiger partial charge in [-0.15, -0.1) is 0 Å². The standard InChI is InChI=1S/C50H32N4/c1-3-15-33(16-4-1)35-19-13-20-36(31-35)37-21-14-22-38(32-37)53-45-27-11-8-23-39(45)41-29-30-42-40-24-9-12-28-46(40)54(48(42)47(41)53)50-43-25-7-10-26-44(43)51-49(52-50)34-17-5-2-6-18-34/h1-32H. The van der Waals surface area contributed by atoms with Crippen molar-refractivity contribution >= 4 is 54.5 Å². The highest BCUT2D eigenvalue weighted by Crippen LogP contribution is 2.43. The number of benzene rings is 8. The van der Waals surface area contributed by atoms with E-state index in [4.69, 9.17) is 9.97 Å². The largest absolute Gasteiger partial charge is 0.307 e. The van der Waals surface area contributed by atoms with Crippen LogP contribution in [0, 0.1) is 0 Å². The normalized spacial score (nSPS) is 11.7. The number of aromatic nitrogens is 4. The van der Waals surface area contributed by atoms with E-state index in [1.807, 2.05) is 18.2 Å². The molecule has 0 saturated heterocycles. The molecule has 0 atom stereocenters. The second kappa shape index (κ2) is 12.1. The Labute approximate surface area is 311 Å². The van der Waals surface area contributed by atoms with Gasteiger partial charge in [-0.05, 0) is 64.7 Å². The molecule has 54 heavy (non-hydrogen) atoms. The molecule has 0 bridgehead atoms. The molecule has 4 heteroatoms. The Morgan fingerprint density at radius 1 is 0.315 bits per heavy atom. The second-order valence-corrected chi connectivity index (χ2v) is 13.8. The fourth-order valence-corrected chi connectivity index (χ4v) is 8.27. The minimum Gasteiger partial charge on any atom is -0.307 e. The average molecular weight is 689 g/mol. The first-order chi connectivity index (χ1) is 26.8. The van der Waals surface area contributed by atoms with Crippen LogP contribution in [-0.2, 0) is 0 Å². The monoisotopic (exact) mass is 688 g/mol. The molecule has 0 fully saturated rings. The summed E-state index contributed by atoms with van der Waals surface area (Å²) in [5.74, 6) is 1.56. The Hall–Kier alpha value is -7.30. The Morgan fingerprint density at radius 2 is 0.815 bits per heavy atom. The SMILES string of the molecule is c1ccc(-c2cccc(-c3cccc(-n4c5ccccc5c5ccc6c7ccccc7n(-c7nc(-c8ccccc8)nc8ccccc78)c6c54)c3)c2)cc1. The molecule has 0 aliphatic heterocycles. The number of fused-ring (bicyclic) bond motifs is 8. The summed E-state index contributed by atoms with van der Waals surface area (Å²) >= 11 is 0. The summed E-state index contributed by atoms with van der Waals surface area (Å²) in [7, 11) is 0. The molecule has 0 saturated carbocycles. The van der Waals surface area contributed by atoms with Crippen LogP contribution in [0.25, 0.3) is 99.7 Å². The number of nitrogens with zero attached hydrogens (tertiary/aromatic N) is 4. The minimum absolute atomic E-state index is 0.702. The van der Waals surface area contributed by atoms with Gasteiger partial charge in [0.05, 0.1) is 27.6 Å². The van der Waals surface area contributed by atoms with Gasteiger partial charge in [0.2, 0.25) is 0 Å². The number of hydrogen-bond acceptors (Lipinski definition) is 2. The van der Waals surface area contributed by atoms with Crippen LogP contribution in [0.3, 0.4) is 0 Å². The van der Waals surface area contributed by atoms with E-state index in [0.29, 0.717) is 5.82 Å². The highest BCUT2D eigenvalue weighted by Gasteiger charge is 2.23. The molecule has 0 radical (unpaired) electrons. The van der Waals surface area contributed by atoms with E-state index < -0.39 is 0 Å². The number of rotatable bonds is 5. The zero-order chi connectivity index (χ0) is 35.6. The molecule has 0 amide bonds. The van der Waals surface area contributed by atoms with E-state index in [0.717, 1.165) is 50.0 Å². The van der Waals surface area contributed by atoms with Gasteiger partial charge in [0, 0.05) is 38.2 Å². The fourth-order valence-electron chi connectivity index (χ4n) is 8.27. The highest BCUT2D eigenvalue weighted by molar-refractivity contribution is 6.24. The van der Waals surface area contributed by atoms with Crippen molar-refractivity contribution in [2.24, 2.45) is 0 Å². The first kappa shape index (κ1) is 30.3. The second-order valence-electron chi connectivity index (χ2n) is 13.8. The predicted molar refractivity (Wildman–Crippen MR) is 225 cm³/mol. The fraction of sp³-hybridized carbons (Fsp3) is 0. The first-order valence-corrected chi connectivity index (χ1v) is 18.3. The van der Waals surface area contributed by atoms with Crippen molar-refractivity contribution in [1.82, 2.24) is 19.1 Å². The number of para-hydroxylation sites is 3. The topological polar surface area (TPSA) is 35.6 Å². The van der Waals surface area contributed by atoms with Gasteiger partial charge in [0.15, 0.2) is 5.82 Å². The summed E-state index contributed by atoms with van der Waals surface area (Å²) in [5.41, 5.74) is 12.3. The van der Waals surface area contributed by atoms with Crippen molar-refractivity contribution in [3.8, 4) is 45.1 Å². The van der Waals surface area contributed by atoms with E-state index >= 15 is 0 Å². The van der Waals surface area contributed by atoms with Gasteiger partial charge in [-0.2, -0.15) is 0 Å². The smallest absolute Gasteiger partial charge is 0.162 e. The lowest BCUT2D eigenvalue weighted by Crippen LogP contribution is -2.04. The first-order valence-electron chi connectivity index (χ1n) is 18.3. The molecule has 0 N–H and O–H groups in total. The summed E-state index contributed by atoms with van der Waals surface area (Å²) < 4.78 is 4.83. The summed E-state index contributed by atoms with van der Waals surface area (Å²) in [5, 5.41) is 5.76. The summed E-state index contributed by atoms with van der Waals surface area (Å²) in [4.78, 5) is 10.5. The molecule has 8 aromatic carbocycles. The van der Waals surface area contributed by atoms with Gasteiger partial charge in [-0.25, -0.2) is 9.97 Å². The third-order valence-corrected chi connectivity index (χ3v) is 10.7. The van der Waals surface area contributed by atoms with Gasteiger partial charge in [-0.1, -0.05) is 152 Å². The van der Waals surface area contributed by atoms with E-state index in [1.165, 1.54) is 43.8 Å². The molecular formula is C50H32N4. The van der Waals surface area contributed by atoms with Gasteiger partial charge in [0.25, 0.3) is 0 Å². The quantitative estimate of drug-likeness (QED) is 0.180. The molecule has 0 spiro atoms. The van der Waals surface area contributed by atoms with Crippen molar-refractivity contribution in [3.63, 3.8) is 0 Å². The van der Waals surface area contributed by atoms with Crippen molar-refractivity contribution in [1.29, 1.82) is 0 Å². The molecule has 4 nitrogen and oxygen atoms in total. The van der Waals surface area contributed by atoms with Crippen LogP contribution >= 0.6 is 0 Å². The van der Waals surface area contributed by atoms with Gasteiger partial charge in [-0.3, -0.25) is 4.57 Å². The van der Waals surface area contributed by atoms with Crippen LogP contribution in [0.5, 0.6) is 0 Å². The van der Waals surface area contributed by atoms with Crippen molar-refractivity contribution in [2.75, 3.05) is 0 Å². The Kier molecular flexibility index (Phi) is 6.82. The molecule has 0 aliphatic carbocycles. The summed E-state index contributed by atoms with van der Waals surface area (Å²) in [6.45, 7) is 0. The Balaban J connectivity index is 1.24. The molecule has 0 unspecified atom stereocenters. The van der Waals surface area contributed by atoms with Gasteiger partial charge >= 0.3 is 0 Å². The Morgan fingerprint density at radius 3 is 1.52 bits per heavy atom. The average Bonchev–Trinajstić information content (AvgIpc) is 3.77.